The average Bonchev–Trinajstić information content (AvgIpc) is 2.81. The summed E-state index contributed by atoms with van der Waals surface area (Å²) in [6.07, 6.45) is 3.29. The lowest BCUT2D eigenvalue weighted by molar-refractivity contribution is 0.149. The minimum Gasteiger partial charge on any atom is -0.493 e. The SMILES string of the molecule is CCCn1ncc(OC)c1C(O)C1CCCCS1(=O)=O. The molecule has 2 unspecified atom stereocenters. The molecule has 1 aliphatic heterocycles. The fourth-order valence-electron chi connectivity index (χ4n) is 2.73. The summed E-state index contributed by atoms with van der Waals surface area (Å²) in [5.41, 5.74) is 0.477. The highest BCUT2D eigenvalue weighted by Gasteiger charge is 2.38. The highest BCUT2D eigenvalue weighted by atomic mass is 32.2. The van der Waals surface area contributed by atoms with Gasteiger partial charge in [0.05, 0.1) is 24.3 Å². The highest BCUT2D eigenvalue weighted by Crippen LogP contribution is 2.35. The molecule has 2 atom stereocenters. The normalized spacial score (nSPS) is 23.4. The number of aliphatic hydroxyl groups is 1. The molecule has 0 radical (unpaired) electrons. The summed E-state index contributed by atoms with van der Waals surface area (Å²) >= 11 is 0. The van der Waals surface area contributed by atoms with E-state index in [0.717, 1.165) is 12.8 Å². The van der Waals surface area contributed by atoms with Crippen molar-refractivity contribution >= 4 is 9.84 Å². The molecule has 114 valence electrons. The van der Waals surface area contributed by atoms with Crippen molar-refractivity contribution in [1.82, 2.24) is 9.78 Å². The van der Waals surface area contributed by atoms with Gasteiger partial charge < -0.3 is 9.84 Å². The first kappa shape index (κ1) is 15.3. The van der Waals surface area contributed by atoms with Gasteiger partial charge in [-0.1, -0.05) is 13.3 Å². The number of methoxy groups -OCH3 is 1. The van der Waals surface area contributed by atoms with Gasteiger partial charge in [0.25, 0.3) is 0 Å². The molecule has 0 saturated carbocycles. The zero-order valence-corrected chi connectivity index (χ0v) is 12.8. The van der Waals surface area contributed by atoms with E-state index in [0.29, 0.717) is 30.8 Å². The first-order chi connectivity index (χ1) is 9.51. The van der Waals surface area contributed by atoms with E-state index in [4.69, 9.17) is 4.74 Å². The third-order valence-electron chi connectivity index (χ3n) is 3.76. The van der Waals surface area contributed by atoms with Gasteiger partial charge in [-0.05, 0) is 19.3 Å². The summed E-state index contributed by atoms with van der Waals surface area (Å²) in [6, 6.07) is 0. The molecule has 1 aliphatic rings. The Hall–Kier alpha value is -1.08. The summed E-state index contributed by atoms with van der Waals surface area (Å²) in [5, 5.41) is 14.0. The van der Waals surface area contributed by atoms with E-state index in [-0.39, 0.29) is 5.75 Å². The molecule has 0 spiro atoms. The predicted molar refractivity (Wildman–Crippen MR) is 75.5 cm³/mol. The molecule has 1 N–H and O–H groups in total. The van der Waals surface area contributed by atoms with Gasteiger partial charge in [-0.25, -0.2) is 8.42 Å². The number of nitrogens with zero attached hydrogens (tertiary/aromatic N) is 2. The van der Waals surface area contributed by atoms with Crippen LogP contribution in [0.3, 0.4) is 0 Å². The predicted octanol–water partition coefficient (Wildman–Crippen LogP) is 1.30. The molecular weight excluding hydrogens is 280 g/mol. The maximum absolute atomic E-state index is 12.2. The molecule has 1 fully saturated rings. The Kier molecular flexibility index (Phi) is 4.70. The molecule has 1 aromatic heterocycles. The van der Waals surface area contributed by atoms with Crippen molar-refractivity contribution in [1.29, 1.82) is 0 Å². The van der Waals surface area contributed by atoms with Crippen LogP contribution in [0.2, 0.25) is 0 Å². The molecule has 1 aromatic rings. The van der Waals surface area contributed by atoms with Crippen LogP contribution in [-0.2, 0) is 16.4 Å². The second-order valence-electron chi connectivity index (χ2n) is 5.17. The van der Waals surface area contributed by atoms with E-state index in [2.05, 4.69) is 5.10 Å². The lowest BCUT2D eigenvalue weighted by Gasteiger charge is -2.27. The van der Waals surface area contributed by atoms with E-state index < -0.39 is 21.2 Å². The maximum Gasteiger partial charge on any atom is 0.162 e. The Morgan fingerprint density at radius 1 is 1.55 bits per heavy atom. The van der Waals surface area contributed by atoms with Gasteiger partial charge in [-0.15, -0.1) is 0 Å². The fourth-order valence-corrected chi connectivity index (χ4v) is 4.69. The van der Waals surface area contributed by atoms with Crippen molar-refractivity contribution in [3.05, 3.63) is 11.9 Å². The number of rotatable bonds is 5. The van der Waals surface area contributed by atoms with E-state index >= 15 is 0 Å². The first-order valence-electron chi connectivity index (χ1n) is 7.00. The third-order valence-corrected chi connectivity index (χ3v) is 6.04. The Morgan fingerprint density at radius 3 is 2.90 bits per heavy atom. The van der Waals surface area contributed by atoms with Gasteiger partial charge in [-0.2, -0.15) is 5.10 Å². The van der Waals surface area contributed by atoms with Crippen LogP contribution in [0.4, 0.5) is 0 Å². The van der Waals surface area contributed by atoms with Crippen molar-refractivity contribution in [3.63, 3.8) is 0 Å². The molecule has 2 rings (SSSR count). The number of hydrogen-bond acceptors (Lipinski definition) is 5. The summed E-state index contributed by atoms with van der Waals surface area (Å²) in [6.45, 7) is 2.63. The molecule has 0 bridgehead atoms. The molecule has 1 saturated heterocycles. The molecule has 20 heavy (non-hydrogen) atoms. The van der Waals surface area contributed by atoms with E-state index in [1.54, 1.807) is 4.68 Å². The van der Waals surface area contributed by atoms with Crippen LogP contribution in [0.1, 0.15) is 44.4 Å². The highest BCUT2D eigenvalue weighted by molar-refractivity contribution is 7.92. The van der Waals surface area contributed by atoms with Gasteiger partial charge in [0.15, 0.2) is 15.6 Å². The minimum atomic E-state index is -3.25. The third kappa shape index (κ3) is 2.83. The quantitative estimate of drug-likeness (QED) is 0.886. The maximum atomic E-state index is 12.2. The second-order valence-corrected chi connectivity index (χ2v) is 7.51. The lowest BCUT2D eigenvalue weighted by Crippen LogP contribution is -2.35. The second kappa shape index (κ2) is 6.13. The number of aliphatic hydroxyl groups excluding tert-OH is 1. The van der Waals surface area contributed by atoms with Crippen LogP contribution >= 0.6 is 0 Å². The largest absolute Gasteiger partial charge is 0.493 e. The molecule has 0 amide bonds. The zero-order valence-electron chi connectivity index (χ0n) is 11.9. The number of sulfone groups is 1. The Balaban J connectivity index is 2.36. The lowest BCUT2D eigenvalue weighted by atomic mass is 10.1. The molecular formula is C13H22N2O4S. The van der Waals surface area contributed by atoms with Crippen molar-refractivity contribution in [2.45, 2.75) is 50.5 Å². The number of aryl methyl sites for hydroxylation is 1. The van der Waals surface area contributed by atoms with Crippen molar-refractivity contribution in [2.24, 2.45) is 0 Å². The first-order valence-corrected chi connectivity index (χ1v) is 8.72. The summed E-state index contributed by atoms with van der Waals surface area (Å²) in [7, 11) is -1.75. The van der Waals surface area contributed by atoms with E-state index in [1.807, 2.05) is 6.92 Å². The van der Waals surface area contributed by atoms with Crippen LogP contribution in [0, 0.1) is 0 Å². The standard InChI is InChI=1S/C13H22N2O4S/c1-3-7-15-12(10(19-2)9-14-15)13(16)11-6-4-5-8-20(11,17)18/h9,11,13,16H,3-8H2,1-2H3. The van der Waals surface area contributed by atoms with Gasteiger partial charge >= 0.3 is 0 Å². The monoisotopic (exact) mass is 302 g/mol. The minimum absolute atomic E-state index is 0.152. The smallest absolute Gasteiger partial charge is 0.162 e. The summed E-state index contributed by atoms with van der Waals surface area (Å²) in [4.78, 5) is 0. The molecule has 2 heterocycles. The van der Waals surface area contributed by atoms with Gasteiger partial charge in [0, 0.05) is 6.54 Å². The molecule has 7 heteroatoms. The van der Waals surface area contributed by atoms with Crippen molar-refractivity contribution in [3.8, 4) is 5.75 Å². The molecule has 0 aromatic carbocycles. The topological polar surface area (TPSA) is 81.4 Å². The molecule has 0 aliphatic carbocycles. The van der Waals surface area contributed by atoms with E-state index in [9.17, 15) is 13.5 Å². The average molecular weight is 302 g/mol. The summed E-state index contributed by atoms with van der Waals surface area (Å²) < 4.78 is 31.2. The number of ether oxygens (including phenoxy) is 1. The van der Waals surface area contributed by atoms with Crippen molar-refractivity contribution in [2.75, 3.05) is 12.9 Å². The Labute approximate surface area is 119 Å². The van der Waals surface area contributed by atoms with Crippen LogP contribution < -0.4 is 4.74 Å². The Morgan fingerprint density at radius 2 is 2.30 bits per heavy atom. The van der Waals surface area contributed by atoms with Crippen LogP contribution in [0.15, 0.2) is 6.20 Å². The Bertz CT molecular complexity index is 553. The number of hydrogen-bond donors (Lipinski definition) is 1. The van der Waals surface area contributed by atoms with Crippen LogP contribution in [-0.4, -0.2) is 41.4 Å². The molecule has 6 nitrogen and oxygen atoms in total. The fraction of sp³-hybridized carbons (Fsp3) is 0.769. The van der Waals surface area contributed by atoms with Crippen molar-refractivity contribution < 1.29 is 18.3 Å². The van der Waals surface area contributed by atoms with Gasteiger partial charge in [0.2, 0.25) is 0 Å². The zero-order chi connectivity index (χ0) is 14.8. The van der Waals surface area contributed by atoms with Crippen LogP contribution in [0.25, 0.3) is 0 Å². The van der Waals surface area contributed by atoms with Crippen LogP contribution in [0.5, 0.6) is 5.75 Å². The van der Waals surface area contributed by atoms with Gasteiger partial charge in [0.1, 0.15) is 11.8 Å². The van der Waals surface area contributed by atoms with E-state index in [1.165, 1.54) is 13.3 Å². The summed E-state index contributed by atoms with van der Waals surface area (Å²) in [5.74, 6) is 0.602. The van der Waals surface area contributed by atoms with Gasteiger partial charge in [-0.3, -0.25) is 4.68 Å². The number of aromatic nitrogens is 2.